The fourth-order valence-electron chi connectivity index (χ4n) is 1.73. The first kappa shape index (κ1) is 14.0. The molecule has 2 aromatic rings. The van der Waals surface area contributed by atoms with E-state index in [9.17, 15) is 4.79 Å². The maximum absolute atomic E-state index is 12.1. The lowest BCUT2D eigenvalue weighted by Gasteiger charge is -2.15. The van der Waals surface area contributed by atoms with Crippen LogP contribution in [0.2, 0.25) is 5.02 Å². The van der Waals surface area contributed by atoms with Gasteiger partial charge in [-0.25, -0.2) is 4.98 Å². The maximum Gasteiger partial charge on any atom is 0.251 e. The average Bonchev–Trinajstić information content (AvgIpc) is 2.39. The van der Waals surface area contributed by atoms with Crippen molar-refractivity contribution in [1.29, 1.82) is 0 Å². The first-order valence-electron chi connectivity index (χ1n) is 5.75. The van der Waals surface area contributed by atoms with Crippen molar-refractivity contribution in [3.63, 3.8) is 0 Å². The van der Waals surface area contributed by atoms with Gasteiger partial charge in [0.15, 0.2) is 0 Å². The molecule has 0 bridgehead atoms. The van der Waals surface area contributed by atoms with Crippen LogP contribution in [0.5, 0.6) is 0 Å². The van der Waals surface area contributed by atoms with Gasteiger partial charge >= 0.3 is 0 Å². The van der Waals surface area contributed by atoms with Crippen molar-refractivity contribution in [1.82, 2.24) is 10.3 Å². The minimum Gasteiger partial charge on any atom is -0.345 e. The third-order valence-corrected chi connectivity index (χ3v) is 3.49. The van der Waals surface area contributed by atoms with Crippen LogP contribution in [-0.2, 0) is 0 Å². The largest absolute Gasteiger partial charge is 0.345 e. The summed E-state index contributed by atoms with van der Waals surface area (Å²) in [6, 6.07) is 10.6. The van der Waals surface area contributed by atoms with Gasteiger partial charge in [0, 0.05) is 16.8 Å². The van der Waals surface area contributed by atoms with Crippen molar-refractivity contribution in [3.05, 3.63) is 63.3 Å². The van der Waals surface area contributed by atoms with E-state index in [1.807, 2.05) is 31.2 Å². The molecule has 0 aliphatic carbocycles. The minimum atomic E-state index is -0.159. The minimum absolute atomic E-state index is 0.157. The van der Waals surface area contributed by atoms with E-state index in [0.29, 0.717) is 15.2 Å². The second kappa shape index (κ2) is 6.17. The normalized spacial score (nSPS) is 11.9. The standard InChI is InChI=1S/C14H12BrClN2O/c1-9(11-4-2-3-5-12(11)16)18-14(19)10-6-7-17-13(15)8-10/h2-9H,1H3,(H,18,19). The average molecular weight is 340 g/mol. The molecule has 0 fully saturated rings. The molecule has 1 N–H and O–H groups in total. The van der Waals surface area contributed by atoms with E-state index in [1.54, 1.807) is 18.3 Å². The summed E-state index contributed by atoms with van der Waals surface area (Å²) in [6.45, 7) is 1.90. The van der Waals surface area contributed by atoms with E-state index in [2.05, 4.69) is 26.2 Å². The monoisotopic (exact) mass is 338 g/mol. The Kier molecular flexibility index (Phi) is 4.56. The Morgan fingerprint density at radius 3 is 2.79 bits per heavy atom. The van der Waals surface area contributed by atoms with E-state index < -0.39 is 0 Å². The highest BCUT2D eigenvalue weighted by Crippen LogP contribution is 2.22. The summed E-state index contributed by atoms with van der Waals surface area (Å²) < 4.78 is 0.630. The van der Waals surface area contributed by atoms with Gasteiger partial charge in [-0.05, 0) is 46.6 Å². The van der Waals surface area contributed by atoms with Crippen LogP contribution in [0.25, 0.3) is 0 Å². The third kappa shape index (κ3) is 3.55. The van der Waals surface area contributed by atoms with Gasteiger partial charge < -0.3 is 5.32 Å². The zero-order chi connectivity index (χ0) is 13.8. The van der Waals surface area contributed by atoms with Crippen molar-refractivity contribution >= 4 is 33.4 Å². The van der Waals surface area contributed by atoms with Gasteiger partial charge in [-0.2, -0.15) is 0 Å². The lowest BCUT2D eigenvalue weighted by atomic mass is 10.1. The summed E-state index contributed by atoms with van der Waals surface area (Å²) >= 11 is 9.35. The van der Waals surface area contributed by atoms with Crippen LogP contribution in [0.3, 0.4) is 0 Å². The molecule has 0 saturated heterocycles. The Morgan fingerprint density at radius 1 is 1.37 bits per heavy atom. The van der Waals surface area contributed by atoms with Crippen LogP contribution in [0.15, 0.2) is 47.2 Å². The zero-order valence-corrected chi connectivity index (χ0v) is 12.6. The van der Waals surface area contributed by atoms with Gasteiger partial charge in [0.25, 0.3) is 5.91 Å². The van der Waals surface area contributed by atoms with Gasteiger partial charge in [-0.1, -0.05) is 29.8 Å². The number of halogens is 2. The summed E-state index contributed by atoms with van der Waals surface area (Å²) in [7, 11) is 0. The number of benzene rings is 1. The molecule has 5 heteroatoms. The molecule has 1 atom stereocenters. The number of pyridine rings is 1. The predicted molar refractivity (Wildman–Crippen MR) is 79.3 cm³/mol. The van der Waals surface area contributed by atoms with Crippen LogP contribution < -0.4 is 5.32 Å². The number of rotatable bonds is 3. The Bertz CT molecular complexity index is 604. The van der Waals surface area contributed by atoms with E-state index in [1.165, 1.54) is 0 Å². The molecule has 0 radical (unpaired) electrons. The molecule has 0 spiro atoms. The molecule has 3 nitrogen and oxygen atoms in total. The molecular formula is C14H12BrClN2O. The Hall–Kier alpha value is -1.39. The van der Waals surface area contributed by atoms with E-state index in [4.69, 9.17) is 11.6 Å². The Balaban J connectivity index is 2.13. The molecule has 1 unspecified atom stereocenters. The SMILES string of the molecule is CC(NC(=O)c1ccnc(Br)c1)c1ccccc1Cl. The van der Waals surface area contributed by atoms with E-state index in [-0.39, 0.29) is 11.9 Å². The van der Waals surface area contributed by atoms with Crippen LogP contribution in [0.4, 0.5) is 0 Å². The first-order valence-corrected chi connectivity index (χ1v) is 6.92. The molecule has 0 aliphatic rings. The number of hydrogen-bond acceptors (Lipinski definition) is 2. The van der Waals surface area contributed by atoms with Crippen molar-refractivity contribution in [2.75, 3.05) is 0 Å². The second-order valence-electron chi connectivity index (χ2n) is 4.08. The van der Waals surface area contributed by atoms with Gasteiger partial charge in [0.05, 0.1) is 6.04 Å². The lowest BCUT2D eigenvalue weighted by Crippen LogP contribution is -2.26. The third-order valence-electron chi connectivity index (χ3n) is 2.71. The summed E-state index contributed by atoms with van der Waals surface area (Å²) in [4.78, 5) is 16.1. The molecular weight excluding hydrogens is 328 g/mol. The van der Waals surface area contributed by atoms with Crippen molar-refractivity contribution in [2.24, 2.45) is 0 Å². The molecule has 98 valence electrons. The van der Waals surface area contributed by atoms with Crippen molar-refractivity contribution < 1.29 is 4.79 Å². The Labute approximate surface area is 125 Å². The maximum atomic E-state index is 12.1. The van der Waals surface area contributed by atoms with Crippen molar-refractivity contribution in [2.45, 2.75) is 13.0 Å². The highest BCUT2D eigenvalue weighted by Gasteiger charge is 2.13. The molecule has 2 rings (SSSR count). The first-order chi connectivity index (χ1) is 9.08. The van der Waals surface area contributed by atoms with Gasteiger partial charge in [0.1, 0.15) is 4.60 Å². The fourth-order valence-corrected chi connectivity index (χ4v) is 2.39. The van der Waals surface area contributed by atoms with Crippen LogP contribution in [0, 0.1) is 0 Å². The van der Waals surface area contributed by atoms with Crippen molar-refractivity contribution in [3.8, 4) is 0 Å². The summed E-state index contributed by atoms with van der Waals surface area (Å²) in [5.41, 5.74) is 1.45. The molecule has 1 heterocycles. The number of nitrogens with one attached hydrogen (secondary N) is 1. The number of amides is 1. The number of aromatic nitrogens is 1. The highest BCUT2D eigenvalue weighted by molar-refractivity contribution is 9.10. The van der Waals surface area contributed by atoms with Crippen LogP contribution >= 0.6 is 27.5 Å². The zero-order valence-electron chi connectivity index (χ0n) is 10.2. The number of carbonyl (C=O) groups is 1. The molecule has 1 aromatic heterocycles. The Morgan fingerprint density at radius 2 is 2.11 bits per heavy atom. The summed E-state index contributed by atoms with van der Waals surface area (Å²) in [5.74, 6) is -0.157. The molecule has 1 amide bonds. The topological polar surface area (TPSA) is 42.0 Å². The molecule has 1 aromatic carbocycles. The molecule has 0 saturated carbocycles. The fraction of sp³-hybridized carbons (Fsp3) is 0.143. The smallest absolute Gasteiger partial charge is 0.251 e. The highest BCUT2D eigenvalue weighted by atomic mass is 79.9. The number of carbonyl (C=O) groups excluding carboxylic acids is 1. The molecule has 19 heavy (non-hydrogen) atoms. The van der Waals surface area contributed by atoms with Gasteiger partial charge in [-0.15, -0.1) is 0 Å². The summed E-state index contributed by atoms with van der Waals surface area (Å²) in [5, 5.41) is 3.55. The second-order valence-corrected chi connectivity index (χ2v) is 5.30. The number of hydrogen-bond donors (Lipinski definition) is 1. The predicted octanol–water partition coefficient (Wildman–Crippen LogP) is 3.99. The van der Waals surface area contributed by atoms with E-state index >= 15 is 0 Å². The quantitative estimate of drug-likeness (QED) is 0.859. The number of nitrogens with zero attached hydrogens (tertiary/aromatic N) is 1. The van der Waals surface area contributed by atoms with Gasteiger partial charge in [-0.3, -0.25) is 4.79 Å². The van der Waals surface area contributed by atoms with E-state index in [0.717, 1.165) is 5.56 Å². The molecule has 0 aliphatic heterocycles. The van der Waals surface area contributed by atoms with Crippen LogP contribution in [0.1, 0.15) is 28.9 Å². The van der Waals surface area contributed by atoms with Gasteiger partial charge in [0.2, 0.25) is 0 Å². The lowest BCUT2D eigenvalue weighted by molar-refractivity contribution is 0.0939. The summed E-state index contributed by atoms with van der Waals surface area (Å²) in [6.07, 6.45) is 1.58. The van der Waals surface area contributed by atoms with Crippen LogP contribution in [-0.4, -0.2) is 10.9 Å².